The van der Waals surface area contributed by atoms with Gasteiger partial charge in [0.05, 0.1) is 37.6 Å². The van der Waals surface area contributed by atoms with Crippen LogP contribution in [0.2, 0.25) is 0 Å². The zero-order chi connectivity index (χ0) is 22.7. The lowest BCUT2D eigenvalue weighted by atomic mass is 10.1. The molecule has 1 N–H and O–H groups in total. The number of likely N-dealkylation sites (N-methyl/N-ethyl adjacent to an activating group) is 1. The fourth-order valence-corrected chi connectivity index (χ4v) is 3.61. The summed E-state index contributed by atoms with van der Waals surface area (Å²) >= 11 is 0. The van der Waals surface area contributed by atoms with E-state index in [1.54, 1.807) is 47.1 Å². The van der Waals surface area contributed by atoms with Gasteiger partial charge in [-0.2, -0.15) is 5.10 Å². The van der Waals surface area contributed by atoms with Crippen LogP contribution in [0.5, 0.6) is 5.75 Å². The third-order valence-corrected chi connectivity index (χ3v) is 5.45. The second-order valence-corrected chi connectivity index (χ2v) is 7.77. The molecular weight excluding hydrogens is 408 g/mol. The molecule has 4 rings (SSSR count). The molecule has 0 bridgehead atoms. The van der Waals surface area contributed by atoms with Gasteiger partial charge in [0.15, 0.2) is 5.82 Å². The van der Waals surface area contributed by atoms with Gasteiger partial charge >= 0.3 is 0 Å². The molecule has 3 aromatic rings. The van der Waals surface area contributed by atoms with E-state index < -0.39 is 0 Å². The van der Waals surface area contributed by atoms with Crippen LogP contribution in [-0.4, -0.2) is 58.7 Å². The van der Waals surface area contributed by atoms with Gasteiger partial charge < -0.3 is 19.9 Å². The molecule has 9 nitrogen and oxygen atoms in total. The summed E-state index contributed by atoms with van der Waals surface area (Å²) in [5, 5.41) is 7.19. The van der Waals surface area contributed by atoms with Crippen LogP contribution in [0.1, 0.15) is 21.5 Å². The maximum atomic E-state index is 13.0. The summed E-state index contributed by atoms with van der Waals surface area (Å²) in [6.07, 6.45) is 5.99. The number of aromatic nitrogens is 3. The predicted molar refractivity (Wildman–Crippen MR) is 121 cm³/mol. The molecule has 0 aliphatic carbocycles. The van der Waals surface area contributed by atoms with Crippen molar-refractivity contribution in [1.82, 2.24) is 19.7 Å². The molecule has 2 amide bonds. The van der Waals surface area contributed by atoms with Crippen LogP contribution in [0.4, 0.5) is 11.5 Å². The number of nitrogens with zero attached hydrogens (tertiary/aromatic N) is 5. The highest BCUT2D eigenvalue weighted by Crippen LogP contribution is 2.30. The monoisotopic (exact) mass is 434 g/mol. The molecule has 0 saturated carbocycles. The Morgan fingerprint density at radius 1 is 1.22 bits per heavy atom. The SMILES string of the molecule is COc1ccc(CN2C(=O)CNc3ncc(C(=O)N(C)CCc4cnn(C)c4)cc32)cc1. The number of pyridine rings is 1. The fraction of sp³-hybridized carbons (Fsp3) is 0.304. The number of carbonyl (C=O) groups excluding carboxylic acids is 2. The molecule has 0 spiro atoms. The molecule has 0 fully saturated rings. The molecule has 1 aliphatic heterocycles. The van der Waals surface area contributed by atoms with Crippen LogP contribution in [-0.2, 0) is 24.8 Å². The van der Waals surface area contributed by atoms with E-state index in [0.29, 0.717) is 36.6 Å². The number of hydrogen-bond acceptors (Lipinski definition) is 6. The van der Waals surface area contributed by atoms with E-state index >= 15 is 0 Å². The third-order valence-electron chi connectivity index (χ3n) is 5.45. The zero-order valence-corrected chi connectivity index (χ0v) is 18.4. The summed E-state index contributed by atoms with van der Waals surface area (Å²) < 4.78 is 6.94. The Balaban J connectivity index is 1.51. The van der Waals surface area contributed by atoms with Gasteiger partial charge in [-0.3, -0.25) is 14.3 Å². The molecular formula is C23H26N6O3. The van der Waals surface area contributed by atoms with E-state index in [2.05, 4.69) is 15.4 Å². The Morgan fingerprint density at radius 2 is 2.00 bits per heavy atom. The van der Waals surface area contributed by atoms with Gasteiger partial charge in [-0.15, -0.1) is 0 Å². The predicted octanol–water partition coefficient (Wildman–Crippen LogP) is 2.10. The number of benzene rings is 1. The number of hydrogen-bond donors (Lipinski definition) is 1. The molecule has 1 aromatic carbocycles. The van der Waals surface area contributed by atoms with Crippen molar-refractivity contribution < 1.29 is 14.3 Å². The van der Waals surface area contributed by atoms with Crippen molar-refractivity contribution in [2.45, 2.75) is 13.0 Å². The Bertz CT molecular complexity index is 1130. The standard InChI is InChI=1S/C23H26N6O3/c1-27(9-8-17-11-26-28(2)14-17)23(31)18-10-20-22(24-12-18)25-13-21(30)29(20)15-16-4-6-19(32-3)7-5-16/h4-7,10-12,14H,8-9,13,15H2,1-3H3,(H,24,25). The van der Waals surface area contributed by atoms with E-state index in [1.165, 1.54) is 0 Å². The molecule has 9 heteroatoms. The molecule has 166 valence electrons. The summed E-state index contributed by atoms with van der Waals surface area (Å²) in [6, 6.07) is 9.29. The van der Waals surface area contributed by atoms with Gasteiger partial charge in [0.25, 0.3) is 5.91 Å². The summed E-state index contributed by atoms with van der Waals surface area (Å²) in [5.41, 5.74) is 3.06. The molecule has 2 aromatic heterocycles. The number of amides is 2. The van der Waals surface area contributed by atoms with E-state index in [-0.39, 0.29) is 18.4 Å². The molecule has 0 unspecified atom stereocenters. The minimum absolute atomic E-state index is 0.0790. The number of ether oxygens (including phenoxy) is 1. The Morgan fingerprint density at radius 3 is 2.69 bits per heavy atom. The zero-order valence-electron chi connectivity index (χ0n) is 18.4. The van der Waals surface area contributed by atoms with Crippen molar-refractivity contribution in [2.24, 2.45) is 7.05 Å². The van der Waals surface area contributed by atoms with Gasteiger partial charge in [-0.25, -0.2) is 4.98 Å². The number of carbonyl (C=O) groups is 2. The lowest BCUT2D eigenvalue weighted by molar-refractivity contribution is -0.117. The molecule has 32 heavy (non-hydrogen) atoms. The molecule has 0 saturated heterocycles. The summed E-state index contributed by atoms with van der Waals surface area (Å²) in [6.45, 7) is 1.09. The maximum Gasteiger partial charge on any atom is 0.255 e. The van der Waals surface area contributed by atoms with E-state index in [1.807, 2.05) is 37.5 Å². The molecule has 0 atom stereocenters. The number of nitrogens with one attached hydrogen (secondary N) is 1. The number of aryl methyl sites for hydroxylation is 1. The Kier molecular flexibility index (Phi) is 6.07. The van der Waals surface area contributed by atoms with Crippen LogP contribution >= 0.6 is 0 Å². The molecule has 1 aliphatic rings. The Labute approximate surface area is 186 Å². The first-order chi connectivity index (χ1) is 15.4. The minimum atomic E-state index is -0.147. The average Bonchev–Trinajstić information content (AvgIpc) is 3.24. The number of methoxy groups -OCH3 is 1. The van der Waals surface area contributed by atoms with Crippen molar-refractivity contribution in [3.63, 3.8) is 0 Å². The van der Waals surface area contributed by atoms with Gasteiger partial charge in [0.2, 0.25) is 5.91 Å². The number of rotatable bonds is 7. The van der Waals surface area contributed by atoms with Crippen molar-refractivity contribution in [1.29, 1.82) is 0 Å². The number of fused-ring (bicyclic) bond motifs is 1. The quantitative estimate of drug-likeness (QED) is 0.612. The van der Waals surface area contributed by atoms with E-state index in [9.17, 15) is 9.59 Å². The van der Waals surface area contributed by atoms with Crippen molar-refractivity contribution in [3.8, 4) is 5.75 Å². The normalized spacial score (nSPS) is 12.8. The maximum absolute atomic E-state index is 13.0. The van der Waals surface area contributed by atoms with Crippen LogP contribution in [0, 0.1) is 0 Å². The van der Waals surface area contributed by atoms with Crippen LogP contribution < -0.4 is 15.0 Å². The lowest BCUT2D eigenvalue weighted by Crippen LogP contribution is -2.40. The fourth-order valence-electron chi connectivity index (χ4n) is 3.61. The largest absolute Gasteiger partial charge is 0.497 e. The number of anilines is 2. The highest BCUT2D eigenvalue weighted by atomic mass is 16.5. The first kappa shape index (κ1) is 21.4. The van der Waals surface area contributed by atoms with Crippen molar-refractivity contribution >= 4 is 23.3 Å². The highest BCUT2D eigenvalue weighted by molar-refractivity contribution is 6.04. The van der Waals surface area contributed by atoms with Gasteiger partial charge in [0, 0.05) is 33.0 Å². The highest BCUT2D eigenvalue weighted by Gasteiger charge is 2.27. The molecule has 0 radical (unpaired) electrons. The van der Waals surface area contributed by atoms with E-state index in [0.717, 1.165) is 16.9 Å². The third kappa shape index (κ3) is 4.56. The average molecular weight is 435 g/mol. The van der Waals surface area contributed by atoms with Crippen LogP contribution in [0.3, 0.4) is 0 Å². The summed E-state index contributed by atoms with van der Waals surface area (Å²) in [7, 11) is 5.24. The van der Waals surface area contributed by atoms with Gasteiger partial charge in [0.1, 0.15) is 5.75 Å². The first-order valence-electron chi connectivity index (χ1n) is 10.3. The Hall–Kier alpha value is -3.88. The van der Waals surface area contributed by atoms with Crippen molar-refractivity contribution in [2.75, 3.05) is 37.5 Å². The van der Waals surface area contributed by atoms with Gasteiger partial charge in [-0.05, 0) is 35.7 Å². The van der Waals surface area contributed by atoms with Gasteiger partial charge in [-0.1, -0.05) is 12.1 Å². The first-order valence-corrected chi connectivity index (χ1v) is 10.3. The smallest absolute Gasteiger partial charge is 0.255 e. The van der Waals surface area contributed by atoms with E-state index in [4.69, 9.17) is 4.74 Å². The lowest BCUT2D eigenvalue weighted by Gasteiger charge is -2.30. The molecule has 3 heterocycles. The van der Waals surface area contributed by atoms with Crippen molar-refractivity contribution in [3.05, 3.63) is 65.6 Å². The van der Waals surface area contributed by atoms with Crippen LogP contribution in [0.15, 0.2) is 48.9 Å². The second kappa shape index (κ2) is 9.09. The summed E-state index contributed by atoms with van der Waals surface area (Å²) in [4.78, 5) is 33.4. The van der Waals surface area contributed by atoms with Crippen LogP contribution in [0.25, 0.3) is 0 Å². The summed E-state index contributed by atoms with van der Waals surface area (Å²) in [5.74, 6) is 1.12. The second-order valence-electron chi connectivity index (χ2n) is 7.77. The topological polar surface area (TPSA) is 92.6 Å². The minimum Gasteiger partial charge on any atom is -0.497 e.